The maximum Gasteiger partial charge on any atom is 0.251 e. The van der Waals surface area contributed by atoms with E-state index < -0.39 is 0 Å². The lowest BCUT2D eigenvalue weighted by atomic mass is 9.87. The van der Waals surface area contributed by atoms with Crippen molar-refractivity contribution in [2.24, 2.45) is 0 Å². The summed E-state index contributed by atoms with van der Waals surface area (Å²) >= 11 is 0. The molecule has 1 aromatic heterocycles. The number of benzene rings is 1. The van der Waals surface area contributed by atoms with Crippen LogP contribution >= 0.6 is 0 Å². The van der Waals surface area contributed by atoms with Gasteiger partial charge >= 0.3 is 0 Å². The molecule has 0 bridgehead atoms. The summed E-state index contributed by atoms with van der Waals surface area (Å²) in [6.07, 6.45) is 1.63. The first-order chi connectivity index (χ1) is 11.3. The van der Waals surface area contributed by atoms with E-state index in [1.165, 1.54) is 0 Å². The van der Waals surface area contributed by atoms with E-state index in [0.29, 0.717) is 5.56 Å². The molecule has 2 amide bonds. The molecular formula is C18H24N4O2. The summed E-state index contributed by atoms with van der Waals surface area (Å²) in [5.74, 6) is -0.517. The first-order valence-corrected chi connectivity index (χ1v) is 7.95. The molecule has 0 aliphatic carbocycles. The third kappa shape index (κ3) is 4.68. The van der Waals surface area contributed by atoms with E-state index in [0.717, 1.165) is 11.3 Å². The Bertz CT molecular complexity index is 685. The Hall–Kier alpha value is -2.63. The summed E-state index contributed by atoms with van der Waals surface area (Å²) in [4.78, 5) is 24.0. The van der Waals surface area contributed by atoms with Crippen LogP contribution in [0.3, 0.4) is 0 Å². The van der Waals surface area contributed by atoms with Crippen LogP contribution in [0.5, 0.6) is 0 Å². The highest BCUT2D eigenvalue weighted by atomic mass is 16.2. The van der Waals surface area contributed by atoms with Crippen molar-refractivity contribution in [1.82, 2.24) is 20.8 Å². The molecule has 0 unspecified atom stereocenters. The highest BCUT2D eigenvalue weighted by Gasteiger charge is 2.15. The lowest BCUT2D eigenvalue weighted by Gasteiger charge is -2.19. The molecular weight excluding hydrogens is 304 g/mol. The van der Waals surface area contributed by atoms with E-state index >= 15 is 0 Å². The molecule has 6 nitrogen and oxygen atoms in total. The molecule has 0 aliphatic rings. The van der Waals surface area contributed by atoms with Crippen molar-refractivity contribution in [3.63, 3.8) is 0 Å². The number of nitrogens with one attached hydrogen (secondary N) is 3. The third-order valence-electron chi connectivity index (χ3n) is 3.79. The Balaban J connectivity index is 1.85. The van der Waals surface area contributed by atoms with Crippen molar-refractivity contribution >= 4 is 11.8 Å². The second-order valence-corrected chi connectivity index (χ2v) is 6.81. The van der Waals surface area contributed by atoms with E-state index in [4.69, 9.17) is 0 Å². The maximum atomic E-state index is 12.1. The van der Waals surface area contributed by atoms with E-state index in [1.807, 2.05) is 19.1 Å². The van der Waals surface area contributed by atoms with Gasteiger partial charge in [0.25, 0.3) is 5.91 Å². The average molecular weight is 328 g/mol. The molecule has 128 valence electrons. The van der Waals surface area contributed by atoms with Crippen LogP contribution in [0.15, 0.2) is 36.5 Å². The van der Waals surface area contributed by atoms with Gasteiger partial charge in [0.1, 0.15) is 0 Å². The van der Waals surface area contributed by atoms with Crippen LogP contribution in [0.2, 0.25) is 0 Å². The molecule has 0 radical (unpaired) electrons. The van der Waals surface area contributed by atoms with Crippen molar-refractivity contribution in [2.75, 3.05) is 6.54 Å². The van der Waals surface area contributed by atoms with E-state index in [9.17, 15) is 9.59 Å². The van der Waals surface area contributed by atoms with Crippen LogP contribution in [0.1, 0.15) is 55.4 Å². The molecule has 1 atom stereocenters. The minimum atomic E-state index is -0.264. The number of aromatic amines is 1. The SMILES string of the molecule is C[C@H](NC(=O)CNC(=O)c1ccc(C(C)(C)C)cc1)c1ccn[nH]1. The topological polar surface area (TPSA) is 86.9 Å². The van der Waals surface area contributed by atoms with Gasteiger partial charge in [-0.25, -0.2) is 0 Å². The minimum Gasteiger partial charge on any atom is -0.346 e. The van der Waals surface area contributed by atoms with Crippen molar-refractivity contribution < 1.29 is 9.59 Å². The van der Waals surface area contributed by atoms with Gasteiger partial charge in [0, 0.05) is 11.8 Å². The number of rotatable bonds is 5. The second kappa shape index (κ2) is 7.29. The highest BCUT2D eigenvalue weighted by Crippen LogP contribution is 2.22. The quantitative estimate of drug-likeness (QED) is 0.787. The van der Waals surface area contributed by atoms with Crippen molar-refractivity contribution in [1.29, 1.82) is 0 Å². The Kier molecular flexibility index (Phi) is 5.39. The summed E-state index contributed by atoms with van der Waals surface area (Å²) in [6.45, 7) is 8.13. The molecule has 1 heterocycles. The van der Waals surface area contributed by atoms with Crippen molar-refractivity contribution in [2.45, 2.75) is 39.2 Å². The standard InChI is InChI=1S/C18H24N4O2/c1-12(15-9-10-20-22-15)21-16(23)11-19-17(24)13-5-7-14(8-6-13)18(2,3)4/h5-10,12H,11H2,1-4H3,(H,19,24)(H,20,22)(H,21,23)/t12-/m0/s1. The van der Waals surface area contributed by atoms with E-state index in [-0.39, 0.29) is 29.8 Å². The van der Waals surface area contributed by atoms with Crippen molar-refractivity contribution in [3.8, 4) is 0 Å². The Morgan fingerprint density at radius 1 is 1.17 bits per heavy atom. The molecule has 0 saturated carbocycles. The van der Waals surface area contributed by atoms with Gasteiger partial charge < -0.3 is 10.6 Å². The zero-order valence-electron chi connectivity index (χ0n) is 14.5. The number of carbonyl (C=O) groups is 2. The van der Waals surface area contributed by atoms with Gasteiger partial charge in [-0.2, -0.15) is 5.10 Å². The molecule has 3 N–H and O–H groups in total. The van der Waals surface area contributed by atoms with Gasteiger partial charge in [0.2, 0.25) is 5.91 Å². The van der Waals surface area contributed by atoms with Crippen LogP contribution in [0.4, 0.5) is 0 Å². The molecule has 24 heavy (non-hydrogen) atoms. The number of nitrogens with zero attached hydrogens (tertiary/aromatic N) is 1. The van der Waals surface area contributed by atoms with Gasteiger partial charge in [-0.15, -0.1) is 0 Å². The van der Waals surface area contributed by atoms with Crippen LogP contribution in [-0.4, -0.2) is 28.6 Å². The molecule has 2 aromatic rings. The van der Waals surface area contributed by atoms with Gasteiger partial charge in [-0.1, -0.05) is 32.9 Å². The van der Waals surface area contributed by atoms with Crippen LogP contribution in [0.25, 0.3) is 0 Å². The Morgan fingerprint density at radius 2 is 1.83 bits per heavy atom. The fraction of sp³-hybridized carbons (Fsp3) is 0.389. The number of carbonyl (C=O) groups excluding carboxylic acids is 2. The minimum absolute atomic E-state index is 0.0394. The van der Waals surface area contributed by atoms with Gasteiger partial charge in [-0.05, 0) is 36.1 Å². The summed E-state index contributed by atoms with van der Waals surface area (Å²) in [5.41, 5.74) is 2.55. The van der Waals surface area contributed by atoms with Gasteiger partial charge in [0.15, 0.2) is 0 Å². The number of hydrogen-bond donors (Lipinski definition) is 3. The second-order valence-electron chi connectivity index (χ2n) is 6.81. The monoisotopic (exact) mass is 328 g/mol. The fourth-order valence-electron chi connectivity index (χ4n) is 2.26. The number of amides is 2. The summed E-state index contributed by atoms with van der Waals surface area (Å²) < 4.78 is 0. The smallest absolute Gasteiger partial charge is 0.251 e. The Labute approximate surface area is 142 Å². The van der Waals surface area contributed by atoms with Crippen molar-refractivity contribution in [3.05, 3.63) is 53.3 Å². The molecule has 0 aliphatic heterocycles. The summed E-state index contributed by atoms with van der Waals surface area (Å²) in [5, 5.41) is 12.1. The molecule has 0 saturated heterocycles. The number of H-pyrrole nitrogens is 1. The number of aromatic nitrogens is 2. The van der Waals surface area contributed by atoms with Crippen LogP contribution < -0.4 is 10.6 Å². The lowest BCUT2D eigenvalue weighted by Crippen LogP contribution is -2.38. The number of hydrogen-bond acceptors (Lipinski definition) is 3. The molecule has 2 rings (SSSR count). The van der Waals surface area contributed by atoms with Gasteiger partial charge in [-0.3, -0.25) is 14.7 Å². The summed E-state index contributed by atoms with van der Waals surface area (Å²) in [7, 11) is 0. The molecule has 0 spiro atoms. The van der Waals surface area contributed by atoms with Crippen LogP contribution in [-0.2, 0) is 10.2 Å². The molecule has 1 aromatic carbocycles. The first kappa shape index (κ1) is 17.7. The highest BCUT2D eigenvalue weighted by molar-refractivity contribution is 5.96. The third-order valence-corrected chi connectivity index (χ3v) is 3.79. The molecule has 0 fully saturated rings. The van der Waals surface area contributed by atoms with Gasteiger partial charge in [0.05, 0.1) is 18.3 Å². The zero-order chi connectivity index (χ0) is 17.7. The van der Waals surface area contributed by atoms with Crippen LogP contribution in [0, 0.1) is 0 Å². The van der Waals surface area contributed by atoms with E-state index in [1.54, 1.807) is 24.4 Å². The molecule has 6 heteroatoms. The fourth-order valence-corrected chi connectivity index (χ4v) is 2.26. The first-order valence-electron chi connectivity index (χ1n) is 7.95. The van der Waals surface area contributed by atoms with E-state index in [2.05, 4.69) is 41.6 Å². The maximum absolute atomic E-state index is 12.1. The zero-order valence-corrected chi connectivity index (χ0v) is 14.5. The predicted molar refractivity (Wildman–Crippen MR) is 92.6 cm³/mol. The predicted octanol–water partition coefficient (Wildman–Crippen LogP) is 2.31. The Morgan fingerprint density at radius 3 is 2.38 bits per heavy atom. The summed E-state index contributed by atoms with van der Waals surface area (Å²) in [6, 6.07) is 9.04. The normalized spacial score (nSPS) is 12.5. The average Bonchev–Trinajstić information content (AvgIpc) is 3.06. The lowest BCUT2D eigenvalue weighted by molar-refractivity contribution is -0.120. The largest absolute Gasteiger partial charge is 0.346 e.